The summed E-state index contributed by atoms with van der Waals surface area (Å²) in [6, 6.07) is 6.95. The van der Waals surface area contributed by atoms with E-state index in [-0.39, 0.29) is 11.7 Å². The number of amides is 1. The Morgan fingerprint density at radius 2 is 2.00 bits per heavy atom. The molecule has 1 aromatic rings. The lowest BCUT2D eigenvalue weighted by atomic mass is 10.2. The van der Waals surface area contributed by atoms with E-state index in [1.54, 1.807) is 17.8 Å². The van der Waals surface area contributed by atoms with Crippen LogP contribution in [0.3, 0.4) is 0 Å². The molecule has 0 radical (unpaired) electrons. The van der Waals surface area contributed by atoms with Crippen molar-refractivity contribution in [2.75, 3.05) is 37.7 Å². The number of benzene rings is 1. The van der Waals surface area contributed by atoms with Gasteiger partial charge in [0.1, 0.15) is 5.82 Å². The van der Waals surface area contributed by atoms with Crippen LogP contribution in [-0.4, -0.2) is 53.4 Å². The molecule has 1 aliphatic rings. The standard InChI is InChI=1S/C19H29FN2OS/c1-16(2)8-13-24-15-19(23)22-10-5-9-21(11-12-22)14-17-6-3-4-7-18(17)20/h3-4,6-7,16H,5,8-15H2,1-2H3. The van der Waals surface area contributed by atoms with Crippen LogP contribution in [0.5, 0.6) is 0 Å². The van der Waals surface area contributed by atoms with Gasteiger partial charge in [0.2, 0.25) is 5.91 Å². The third kappa shape index (κ3) is 6.44. The minimum absolute atomic E-state index is 0.142. The van der Waals surface area contributed by atoms with Gasteiger partial charge in [-0.05, 0) is 30.6 Å². The number of thioether (sulfide) groups is 1. The molecular weight excluding hydrogens is 323 g/mol. The third-order valence-corrected chi connectivity index (χ3v) is 5.33. The van der Waals surface area contributed by atoms with E-state index >= 15 is 0 Å². The predicted octanol–water partition coefficient (Wildman–Crippen LogP) is 3.64. The zero-order chi connectivity index (χ0) is 17.4. The quantitative estimate of drug-likeness (QED) is 0.700. The number of rotatable bonds is 7. The summed E-state index contributed by atoms with van der Waals surface area (Å²) in [6.45, 7) is 8.34. The van der Waals surface area contributed by atoms with Crippen molar-refractivity contribution < 1.29 is 9.18 Å². The lowest BCUT2D eigenvalue weighted by molar-refractivity contribution is -0.128. The zero-order valence-corrected chi connectivity index (χ0v) is 15.7. The second-order valence-electron chi connectivity index (χ2n) is 6.84. The van der Waals surface area contributed by atoms with Crippen molar-refractivity contribution in [3.63, 3.8) is 0 Å². The molecule has 3 nitrogen and oxygen atoms in total. The number of carbonyl (C=O) groups excluding carboxylic acids is 1. The molecule has 0 saturated carbocycles. The normalized spacial score (nSPS) is 16.4. The third-order valence-electron chi connectivity index (χ3n) is 4.36. The smallest absolute Gasteiger partial charge is 0.232 e. The van der Waals surface area contributed by atoms with Gasteiger partial charge in [-0.2, -0.15) is 11.8 Å². The van der Waals surface area contributed by atoms with Crippen molar-refractivity contribution in [3.05, 3.63) is 35.6 Å². The monoisotopic (exact) mass is 352 g/mol. The van der Waals surface area contributed by atoms with Crippen molar-refractivity contribution >= 4 is 17.7 Å². The fourth-order valence-corrected chi connectivity index (χ4v) is 3.96. The number of nitrogens with zero attached hydrogens (tertiary/aromatic N) is 2. The molecule has 1 amide bonds. The topological polar surface area (TPSA) is 23.6 Å². The number of halogens is 1. The molecule has 0 atom stereocenters. The maximum absolute atomic E-state index is 13.8. The van der Waals surface area contributed by atoms with Crippen molar-refractivity contribution in [1.82, 2.24) is 9.80 Å². The number of carbonyl (C=O) groups is 1. The van der Waals surface area contributed by atoms with Crippen molar-refractivity contribution in [2.24, 2.45) is 5.92 Å². The Kier molecular flexibility index (Phi) is 8.06. The molecule has 1 aliphatic heterocycles. The first-order valence-corrected chi connectivity index (χ1v) is 10.0. The van der Waals surface area contributed by atoms with Crippen molar-refractivity contribution in [1.29, 1.82) is 0 Å². The Morgan fingerprint density at radius 1 is 1.21 bits per heavy atom. The number of hydrogen-bond donors (Lipinski definition) is 0. The first-order chi connectivity index (χ1) is 11.6. The van der Waals surface area contributed by atoms with Crippen LogP contribution in [0.15, 0.2) is 24.3 Å². The molecule has 1 saturated heterocycles. The summed E-state index contributed by atoms with van der Waals surface area (Å²) < 4.78 is 13.8. The first-order valence-electron chi connectivity index (χ1n) is 8.87. The fourth-order valence-electron chi connectivity index (χ4n) is 2.82. The average Bonchev–Trinajstić information content (AvgIpc) is 2.79. The maximum Gasteiger partial charge on any atom is 0.232 e. The van der Waals surface area contributed by atoms with E-state index in [1.165, 1.54) is 6.07 Å². The molecule has 1 aromatic carbocycles. The van der Waals surface area contributed by atoms with Gasteiger partial charge < -0.3 is 4.90 Å². The second kappa shape index (κ2) is 10.0. The van der Waals surface area contributed by atoms with Crippen LogP contribution in [0.1, 0.15) is 32.3 Å². The van der Waals surface area contributed by atoms with Crippen LogP contribution in [0.2, 0.25) is 0 Å². The Labute approximate surface area is 149 Å². The maximum atomic E-state index is 13.8. The highest BCUT2D eigenvalue weighted by Gasteiger charge is 2.19. The molecule has 0 unspecified atom stereocenters. The van der Waals surface area contributed by atoms with Gasteiger partial charge in [0.15, 0.2) is 0 Å². The Bertz CT molecular complexity index is 524. The minimum atomic E-state index is -0.142. The van der Waals surface area contributed by atoms with Crippen LogP contribution < -0.4 is 0 Å². The molecule has 0 N–H and O–H groups in total. The summed E-state index contributed by atoms with van der Waals surface area (Å²) >= 11 is 1.74. The SMILES string of the molecule is CC(C)CCSCC(=O)N1CCCN(Cc2ccccc2F)CC1. The molecular formula is C19H29FN2OS. The summed E-state index contributed by atoms with van der Waals surface area (Å²) in [5, 5.41) is 0. The van der Waals surface area contributed by atoms with Crippen molar-refractivity contribution in [2.45, 2.75) is 33.2 Å². The highest BCUT2D eigenvalue weighted by Crippen LogP contribution is 2.14. The van der Waals surface area contributed by atoms with Crippen LogP contribution in [0.25, 0.3) is 0 Å². The van der Waals surface area contributed by atoms with E-state index < -0.39 is 0 Å². The molecule has 1 heterocycles. The van der Waals surface area contributed by atoms with Gasteiger partial charge in [-0.3, -0.25) is 9.69 Å². The summed E-state index contributed by atoms with van der Waals surface area (Å²) in [6.07, 6.45) is 2.12. The van der Waals surface area contributed by atoms with Gasteiger partial charge in [0, 0.05) is 38.3 Å². The summed E-state index contributed by atoms with van der Waals surface area (Å²) in [7, 11) is 0. The molecule has 134 valence electrons. The Balaban J connectivity index is 1.75. The second-order valence-corrected chi connectivity index (χ2v) is 7.94. The van der Waals surface area contributed by atoms with E-state index in [0.717, 1.165) is 50.3 Å². The van der Waals surface area contributed by atoms with Crippen LogP contribution in [0, 0.1) is 11.7 Å². The summed E-state index contributed by atoms with van der Waals surface area (Å²) in [5.74, 6) is 2.43. The highest BCUT2D eigenvalue weighted by atomic mass is 32.2. The van der Waals surface area contributed by atoms with Gasteiger partial charge in [-0.15, -0.1) is 0 Å². The molecule has 0 aliphatic carbocycles. The lowest BCUT2D eigenvalue weighted by Crippen LogP contribution is -2.36. The molecule has 0 aromatic heterocycles. The van der Waals surface area contributed by atoms with Crippen molar-refractivity contribution in [3.8, 4) is 0 Å². The van der Waals surface area contributed by atoms with Gasteiger partial charge in [0.05, 0.1) is 5.75 Å². The molecule has 0 spiro atoms. The largest absolute Gasteiger partial charge is 0.341 e. The Morgan fingerprint density at radius 3 is 2.75 bits per heavy atom. The van der Waals surface area contributed by atoms with Gasteiger partial charge in [0.25, 0.3) is 0 Å². The van der Waals surface area contributed by atoms with Gasteiger partial charge in [-0.25, -0.2) is 4.39 Å². The molecule has 5 heteroatoms. The zero-order valence-electron chi connectivity index (χ0n) is 14.8. The van der Waals surface area contributed by atoms with E-state index in [2.05, 4.69) is 18.7 Å². The lowest BCUT2D eigenvalue weighted by Gasteiger charge is -2.22. The van der Waals surface area contributed by atoms with Gasteiger partial charge in [-0.1, -0.05) is 32.0 Å². The first kappa shape index (κ1) is 19.3. The Hall–Kier alpha value is -1.07. The van der Waals surface area contributed by atoms with E-state index in [1.807, 2.05) is 17.0 Å². The number of hydrogen-bond acceptors (Lipinski definition) is 3. The average molecular weight is 353 g/mol. The van der Waals surface area contributed by atoms with E-state index in [4.69, 9.17) is 0 Å². The molecule has 0 bridgehead atoms. The summed E-state index contributed by atoms with van der Waals surface area (Å²) in [5.41, 5.74) is 0.738. The minimum Gasteiger partial charge on any atom is -0.341 e. The van der Waals surface area contributed by atoms with Crippen LogP contribution in [-0.2, 0) is 11.3 Å². The molecule has 24 heavy (non-hydrogen) atoms. The fraction of sp³-hybridized carbons (Fsp3) is 0.632. The van der Waals surface area contributed by atoms with Crippen LogP contribution in [0.4, 0.5) is 4.39 Å². The highest BCUT2D eigenvalue weighted by molar-refractivity contribution is 7.99. The van der Waals surface area contributed by atoms with Crippen LogP contribution >= 0.6 is 11.8 Å². The van der Waals surface area contributed by atoms with E-state index in [0.29, 0.717) is 18.2 Å². The van der Waals surface area contributed by atoms with E-state index in [9.17, 15) is 9.18 Å². The molecule has 1 fully saturated rings. The summed E-state index contributed by atoms with van der Waals surface area (Å²) in [4.78, 5) is 16.6. The van der Waals surface area contributed by atoms with Gasteiger partial charge >= 0.3 is 0 Å². The molecule has 2 rings (SSSR count). The predicted molar refractivity (Wildman–Crippen MR) is 99.7 cm³/mol.